The summed E-state index contributed by atoms with van der Waals surface area (Å²) in [6.07, 6.45) is -2.50. The van der Waals surface area contributed by atoms with E-state index in [1.165, 1.54) is 24.4 Å². The highest BCUT2D eigenvalue weighted by Crippen LogP contribution is 2.31. The van der Waals surface area contributed by atoms with Gasteiger partial charge in [-0.05, 0) is 29.8 Å². The molecule has 1 heterocycles. The van der Waals surface area contributed by atoms with Gasteiger partial charge in [0.15, 0.2) is 0 Å². The molecule has 0 aliphatic rings. The lowest BCUT2D eigenvalue weighted by Crippen LogP contribution is -2.04. The van der Waals surface area contributed by atoms with Crippen molar-refractivity contribution in [3.8, 4) is 11.3 Å². The number of nitrogens with zero attached hydrogens (tertiary/aromatic N) is 1. The Hall–Kier alpha value is -3.09. The lowest BCUT2D eigenvalue weighted by atomic mass is 10.1. The summed E-state index contributed by atoms with van der Waals surface area (Å²) in [6.45, 7) is 0. The zero-order valence-corrected chi connectivity index (χ0v) is 12.8. The molecule has 7 heteroatoms. The van der Waals surface area contributed by atoms with Gasteiger partial charge >= 0.3 is 12.1 Å². The van der Waals surface area contributed by atoms with Crippen molar-refractivity contribution in [3.05, 3.63) is 77.2 Å². The van der Waals surface area contributed by atoms with E-state index in [0.717, 1.165) is 17.7 Å². The van der Waals surface area contributed by atoms with Crippen molar-refractivity contribution in [1.82, 2.24) is 9.97 Å². The molecule has 0 aliphatic carbocycles. The number of benzene rings is 2. The monoisotopic (exact) mass is 346 g/mol. The summed E-state index contributed by atoms with van der Waals surface area (Å²) in [7, 11) is 0. The Balaban J connectivity index is 1.80. The van der Waals surface area contributed by atoms with Crippen LogP contribution in [0.25, 0.3) is 11.3 Å². The van der Waals surface area contributed by atoms with Gasteiger partial charge in [-0.3, -0.25) is 0 Å². The molecule has 3 rings (SSSR count). The van der Waals surface area contributed by atoms with Crippen molar-refractivity contribution in [2.75, 3.05) is 0 Å². The average Bonchev–Trinajstić information content (AvgIpc) is 3.03. The number of aromatic carboxylic acids is 1. The minimum absolute atomic E-state index is 0.188. The summed E-state index contributed by atoms with van der Waals surface area (Å²) in [5, 5.41) is 8.88. The molecule has 25 heavy (non-hydrogen) atoms. The Bertz CT molecular complexity index is 899. The third-order valence-electron chi connectivity index (χ3n) is 3.70. The number of carboxylic acids is 1. The molecular weight excluding hydrogens is 333 g/mol. The van der Waals surface area contributed by atoms with Gasteiger partial charge in [0.2, 0.25) is 0 Å². The van der Waals surface area contributed by atoms with E-state index < -0.39 is 17.7 Å². The number of carbonyl (C=O) groups is 1. The number of carboxylic acid groups (broad SMARTS) is 1. The molecule has 0 radical (unpaired) electrons. The number of alkyl halides is 3. The van der Waals surface area contributed by atoms with E-state index in [0.29, 0.717) is 23.5 Å². The molecule has 0 unspecified atom stereocenters. The van der Waals surface area contributed by atoms with Crippen LogP contribution in [0.3, 0.4) is 0 Å². The summed E-state index contributed by atoms with van der Waals surface area (Å²) < 4.78 is 38.4. The van der Waals surface area contributed by atoms with E-state index in [4.69, 9.17) is 5.11 Å². The number of halogens is 3. The maximum atomic E-state index is 12.8. The molecule has 128 valence electrons. The van der Waals surface area contributed by atoms with E-state index in [9.17, 15) is 18.0 Å². The van der Waals surface area contributed by atoms with E-state index in [-0.39, 0.29) is 5.56 Å². The molecule has 0 bridgehead atoms. The van der Waals surface area contributed by atoms with Crippen LogP contribution in [-0.2, 0) is 12.6 Å². The van der Waals surface area contributed by atoms with Crippen LogP contribution in [0, 0.1) is 0 Å². The standard InChI is InChI=1S/C18H13F3N2O2/c19-18(20,21)14-3-1-2-13(9-14)15-10-22-16(23-15)8-11-4-6-12(7-5-11)17(24)25/h1-7,9-10H,8H2,(H,22,23)(H,24,25). The third-order valence-corrected chi connectivity index (χ3v) is 3.70. The Morgan fingerprint density at radius 1 is 1.12 bits per heavy atom. The largest absolute Gasteiger partial charge is 0.478 e. The van der Waals surface area contributed by atoms with Crippen LogP contribution in [0.4, 0.5) is 13.2 Å². The lowest BCUT2D eigenvalue weighted by molar-refractivity contribution is -0.137. The summed E-state index contributed by atoms with van der Waals surface area (Å²) in [4.78, 5) is 18.0. The van der Waals surface area contributed by atoms with Gasteiger partial charge < -0.3 is 10.1 Å². The summed E-state index contributed by atoms with van der Waals surface area (Å²) in [5.41, 5.74) is 1.20. The molecule has 0 saturated heterocycles. The van der Waals surface area contributed by atoms with Crippen molar-refractivity contribution >= 4 is 5.97 Å². The zero-order chi connectivity index (χ0) is 18.0. The van der Waals surface area contributed by atoms with Crippen molar-refractivity contribution < 1.29 is 23.1 Å². The van der Waals surface area contributed by atoms with E-state index in [2.05, 4.69) is 9.97 Å². The molecule has 0 saturated carbocycles. The van der Waals surface area contributed by atoms with Gasteiger partial charge in [0, 0.05) is 12.0 Å². The number of aromatic nitrogens is 2. The quantitative estimate of drug-likeness (QED) is 0.736. The molecule has 0 aliphatic heterocycles. The smallest absolute Gasteiger partial charge is 0.416 e. The first-order chi connectivity index (χ1) is 11.8. The van der Waals surface area contributed by atoms with Crippen LogP contribution >= 0.6 is 0 Å². The SMILES string of the molecule is O=C(O)c1ccc(Cc2ncc(-c3cccc(C(F)(F)F)c3)[nH]2)cc1. The molecule has 3 aromatic rings. The number of aromatic amines is 1. The average molecular weight is 346 g/mol. The van der Waals surface area contributed by atoms with Crippen LogP contribution < -0.4 is 0 Å². The normalized spacial score (nSPS) is 11.5. The number of rotatable bonds is 4. The number of H-pyrrole nitrogens is 1. The number of nitrogens with one attached hydrogen (secondary N) is 1. The van der Waals surface area contributed by atoms with Gasteiger partial charge in [0.25, 0.3) is 0 Å². The molecule has 2 N–H and O–H groups in total. The minimum Gasteiger partial charge on any atom is -0.478 e. The highest BCUT2D eigenvalue weighted by Gasteiger charge is 2.30. The van der Waals surface area contributed by atoms with Crippen LogP contribution in [0.2, 0.25) is 0 Å². The molecule has 0 atom stereocenters. The molecule has 1 aromatic heterocycles. The van der Waals surface area contributed by atoms with Crippen LogP contribution in [0.15, 0.2) is 54.7 Å². The van der Waals surface area contributed by atoms with Gasteiger partial charge in [0.05, 0.1) is 23.0 Å². The van der Waals surface area contributed by atoms with Gasteiger partial charge in [-0.15, -0.1) is 0 Å². The number of hydrogen-bond acceptors (Lipinski definition) is 2. The zero-order valence-electron chi connectivity index (χ0n) is 12.8. The fourth-order valence-corrected chi connectivity index (χ4v) is 2.42. The topological polar surface area (TPSA) is 66.0 Å². The molecule has 0 spiro atoms. The van der Waals surface area contributed by atoms with Gasteiger partial charge in [-0.25, -0.2) is 9.78 Å². The summed E-state index contributed by atoms with van der Waals surface area (Å²) in [6, 6.07) is 11.4. The predicted octanol–water partition coefficient (Wildman–Crippen LogP) is 4.38. The molecule has 0 amide bonds. The second-order valence-electron chi connectivity index (χ2n) is 5.50. The van der Waals surface area contributed by atoms with Crippen LogP contribution in [0.5, 0.6) is 0 Å². The minimum atomic E-state index is -4.40. The van der Waals surface area contributed by atoms with E-state index in [1.807, 2.05) is 0 Å². The Kier molecular flexibility index (Phi) is 4.31. The third kappa shape index (κ3) is 3.88. The first-order valence-electron chi connectivity index (χ1n) is 7.36. The van der Waals surface area contributed by atoms with Crippen molar-refractivity contribution in [3.63, 3.8) is 0 Å². The lowest BCUT2D eigenvalue weighted by Gasteiger charge is -2.07. The second-order valence-corrected chi connectivity index (χ2v) is 5.50. The molecule has 2 aromatic carbocycles. The number of imidazole rings is 1. The Morgan fingerprint density at radius 3 is 2.48 bits per heavy atom. The predicted molar refractivity (Wildman–Crippen MR) is 85.2 cm³/mol. The fourth-order valence-electron chi connectivity index (χ4n) is 2.42. The van der Waals surface area contributed by atoms with Crippen LogP contribution in [-0.4, -0.2) is 21.0 Å². The highest BCUT2D eigenvalue weighted by atomic mass is 19.4. The van der Waals surface area contributed by atoms with Crippen molar-refractivity contribution in [1.29, 1.82) is 0 Å². The summed E-state index contributed by atoms with van der Waals surface area (Å²) in [5.74, 6) is -0.424. The first kappa shape index (κ1) is 16.8. The van der Waals surface area contributed by atoms with Crippen molar-refractivity contribution in [2.45, 2.75) is 12.6 Å². The fraction of sp³-hybridized carbons (Fsp3) is 0.111. The Morgan fingerprint density at radius 2 is 1.84 bits per heavy atom. The van der Waals surface area contributed by atoms with Gasteiger partial charge in [-0.2, -0.15) is 13.2 Å². The molecular formula is C18H13F3N2O2. The van der Waals surface area contributed by atoms with Gasteiger partial charge in [0.1, 0.15) is 5.82 Å². The van der Waals surface area contributed by atoms with E-state index >= 15 is 0 Å². The maximum absolute atomic E-state index is 12.8. The molecule has 4 nitrogen and oxygen atoms in total. The van der Waals surface area contributed by atoms with Crippen LogP contribution in [0.1, 0.15) is 27.3 Å². The first-order valence-corrected chi connectivity index (χ1v) is 7.36. The molecule has 0 fully saturated rings. The van der Waals surface area contributed by atoms with E-state index in [1.54, 1.807) is 18.2 Å². The number of hydrogen-bond donors (Lipinski definition) is 2. The maximum Gasteiger partial charge on any atom is 0.416 e. The second kappa shape index (κ2) is 6.43. The Labute approximate surface area is 141 Å². The summed E-state index contributed by atoms with van der Waals surface area (Å²) >= 11 is 0. The highest BCUT2D eigenvalue weighted by molar-refractivity contribution is 5.87. The van der Waals surface area contributed by atoms with Gasteiger partial charge in [-0.1, -0.05) is 24.3 Å². The van der Waals surface area contributed by atoms with Crippen molar-refractivity contribution in [2.24, 2.45) is 0 Å².